The maximum Gasteiger partial charge on any atom is 0.264 e. The molecule has 0 radical (unpaired) electrons. The van der Waals surface area contributed by atoms with E-state index in [1.807, 2.05) is 18.4 Å². The molecular weight excluding hydrogens is 266 g/mol. The SMILES string of the molecule is CCc1ccsc1C(=O)N1CCOC(C(N)=NO)C1. The molecule has 3 N–H and O–H groups in total. The molecule has 1 aliphatic rings. The highest BCUT2D eigenvalue weighted by Crippen LogP contribution is 2.20. The summed E-state index contributed by atoms with van der Waals surface area (Å²) in [6, 6.07) is 1.97. The minimum Gasteiger partial charge on any atom is -0.409 e. The number of aryl methyl sites for hydroxylation is 1. The first-order valence-electron chi connectivity index (χ1n) is 6.12. The summed E-state index contributed by atoms with van der Waals surface area (Å²) in [5.41, 5.74) is 6.58. The predicted molar refractivity (Wildman–Crippen MR) is 72.7 cm³/mol. The third-order valence-corrected chi connectivity index (χ3v) is 4.07. The van der Waals surface area contributed by atoms with Crippen molar-refractivity contribution in [2.45, 2.75) is 19.4 Å². The molecule has 1 amide bonds. The van der Waals surface area contributed by atoms with Crippen molar-refractivity contribution in [3.05, 3.63) is 21.9 Å². The van der Waals surface area contributed by atoms with E-state index in [9.17, 15) is 4.79 Å². The van der Waals surface area contributed by atoms with Crippen molar-refractivity contribution in [3.8, 4) is 0 Å². The van der Waals surface area contributed by atoms with E-state index in [1.54, 1.807) is 4.90 Å². The van der Waals surface area contributed by atoms with Gasteiger partial charge >= 0.3 is 0 Å². The second kappa shape index (κ2) is 6.03. The normalized spacial score (nSPS) is 20.6. The molecule has 1 saturated heterocycles. The average molecular weight is 283 g/mol. The minimum atomic E-state index is -0.535. The molecule has 1 aromatic heterocycles. The van der Waals surface area contributed by atoms with Crippen molar-refractivity contribution in [1.29, 1.82) is 0 Å². The van der Waals surface area contributed by atoms with E-state index < -0.39 is 6.10 Å². The number of oxime groups is 1. The summed E-state index contributed by atoms with van der Waals surface area (Å²) in [7, 11) is 0. The Morgan fingerprint density at radius 3 is 3.21 bits per heavy atom. The third-order valence-electron chi connectivity index (χ3n) is 3.12. The van der Waals surface area contributed by atoms with Crippen molar-refractivity contribution >= 4 is 23.1 Å². The summed E-state index contributed by atoms with van der Waals surface area (Å²) in [6.45, 7) is 3.25. The molecule has 0 bridgehead atoms. The Kier molecular flexibility index (Phi) is 4.39. The van der Waals surface area contributed by atoms with Gasteiger partial charge in [-0.15, -0.1) is 11.3 Å². The maximum atomic E-state index is 12.4. The van der Waals surface area contributed by atoms with Gasteiger partial charge in [0.25, 0.3) is 5.91 Å². The van der Waals surface area contributed by atoms with Gasteiger partial charge in [-0.25, -0.2) is 0 Å². The van der Waals surface area contributed by atoms with Crippen LogP contribution in [0.2, 0.25) is 0 Å². The number of nitrogens with two attached hydrogens (primary N) is 1. The second-order valence-corrected chi connectivity index (χ2v) is 5.18. The van der Waals surface area contributed by atoms with Crippen LogP contribution in [0.15, 0.2) is 16.6 Å². The number of amides is 1. The van der Waals surface area contributed by atoms with Crippen LogP contribution in [0.5, 0.6) is 0 Å². The summed E-state index contributed by atoms with van der Waals surface area (Å²) in [5, 5.41) is 13.5. The van der Waals surface area contributed by atoms with Crippen LogP contribution in [-0.4, -0.2) is 47.7 Å². The Bertz CT molecular complexity index is 486. The first kappa shape index (κ1) is 13.8. The molecule has 7 heteroatoms. The van der Waals surface area contributed by atoms with E-state index in [0.29, 0.717) is 19.7 Å². The van der Waals surface area contributed by atoms with Crippen molar-refractivity contribution < 1.29 is 14.7 Å². The van der Waals surface area contributed by atoms with Crippen LogP contribution in [0.1, 0.15) is 22.2 Å². The molecule has 6 nitrogen and oxygen atoms in total. The van der Waals surface area contributed by atoms with Gasteiger partial charge < -0.3 is 20.6 Å². The minimum absolute atomic E-state index is 0.000561. The van der Waals surface area contributed by atoms with Crippen LogP contribution in [-0.2, 0) is 11.2 Å². The van der Waals surface area contributed by atoms with Crippen LogP contribution >= 0.6 is 11.3 Å². The van der Waals surface area contributed by atoms with Crippen molar-refractivity contribution in [2.24, 2.45) is 10.9 Å². The van der Waals surface area contributed by atoms with Gasteiger partial charge in [0.2, 0.25) is 0 Å². The average Bonchev–Trinajstić information content (AvgIpc) is 2.94. The molecule has 1 aromatic rings. The standard InChI is InChI=1S/C12H17N3O3S/c1-2-8-3-6-19-10(8)12(16)15-4-5-18-9(7-15)11(13)14-17/h3,6,9,17H,2,4-5,7H2,1H3,(H2,13,14). The van der Waals surface area contributed by atoms with Gasteiger partial charge in [-0.05, 0) is 23.4 Å². The molecule has 0 aliphatic carbocycles. The highest BCUT2D eigenvalue weighted by atomic mass is 32.1. The fourth-order valence-electron chi connectivity index (χ4n) is 2.02. The zero-order valence-electron chi connectivity index (χ0n) is 10.7. The van der Waals surface area contributed by atoms with Gasteiger partial charge in [0.05, 0.1) is 18.0 Å². The first-order chi connectivity index (χ1) is 9.17. The van der Waals surface area contributed by atoms with Crippen LogP contribution in [0, 0.1) is 0 Å². The van der Waals surface area contributed by atoms with Crippen molar-refractivity contribution in [2.75, 3.05) is 19.7 Å². The zero-order chi connectivity index (χ0) is 13.8. The van der Waals surface area contributed by atoms with Gasteiger partial charge in [-0.1, -0.05) is 12.1 Å². The molecule has 0 saturated carbocycles. The monoisotopic (exact) mass is 283 g/mol. The summed E-state index contributed by atoms with van der Waals surface area (Å²) in [4.78, 5) is 14.9. The summed E-state index contributed by atoms with van der Waals surface area (Å²) < 4.78 is 5.38. The van der Waals surface area contributed by atoms with Gasteiger partial charge in [-0.2, -0.15) is 0 Å². The number of hydrogen-bond acceptors (Lipinski definition) is 5. The Hall–Kier alpha value is -1.60. The fraction of sp³-hybridized carbons (Fsp3) is 0.500. The van der Waals surface area contributed by atoms with E-state index in [-0.39, 0.29) is 11.7 Å². The highest BCUT2D eigenvalue weighted by Gasteiger charge is 2.28. The largest absolute Gasteiger partial charge is 0.409 e. The molecule has 2 rings (SSSR count). The molecule has 1 unspecified atom stereocenters. The lowest BCUT2D eigenvalue weighted by Gasteiger charge is -2.32. The lowest BCUT2D eigenvalue weighted by atomic mass is 10.1. The van der Waals surface area contributed by atoms with Crippen molar-refractivity contribution in [1.82, 2.24) is 4.90 Å². The first-order valence-corrected chi connectivity index (χ1v) is 7.00. The van der Waals surface area contributed by atoms with Gasteiger partial charge in [-0.3, -0.25) is 4.79 Å². The summed E-state index contributed by atoms with van der Waals surface area (Å²) in [6.07, 6.45) is 0.297. The Balaban J connectivity index is 2.11. The topological polar surface area (TPSA) is 88.2 Å². The molecule has 0 spiro atoms. The third kappa shape index (κ3) is 2.87. The van der Waals surface area contributed by atoms with E-state index in [0.717, 1.165) is 16.9 Å². The molecule has 104 valence electrons. The molecule has 1 fully saturated rings. The summed E-state index contributed by atoms with van der Waals surface area (Å²) in [5.74, 6) is -0.00900. The Morgan fingerprint density at radius 2 is 2.53 bits per heavy atom. The molecule has 2 heterocycles. The number of carbonyl (C=O) groups excluding carboxylic acids is 1. The molecule has 1 aliphatic heterocycles. The highest BCUT2D eigenvalue weighted by molar-refractivity contribution is 7.12. The van der Waals surface area contributed by atoms with E-state index in [2.05, 4.69) is 5.16 Å². The molecular formula is C12H17N3O3S. The molecule has 19 heavy (non-hydrogen) atoms. The van der Waals surface area contributed by atoms with E-state index >= 15 is 0 Å². The predicted octanol–water partition coefficient (Wildman–Crippen LogP) is 0.898. The van der Waals surface area contributed by atoms with Crippen LogP contribution in [0.3, 0.4) is 0 Å². The Labute approximate surface area is 115 Å². The number of ether oxygens (including phenoxy) is 1. The number of nitrogens with zero attached hydrogens (tertiary/aromatic N) is 2. The maximum absolute atomic E-state index is 12.4. The number of hydrogen-bond donors (Lipinski definition) is 2. The summed E-state index contributed by atoms with van der Waals surface area (Å²) >= 11 is 1.45. The van der Waals surface area contributed by atoms with Crippen molar-refractivity contribution in [3.63, 3.8) is 0 Å². The van der Waals surface area contributed by atoms with Crippen LogP contribution in [0.25, 0.3) is 0 Å². The number of thiophene rings is 1. The zero-order valence-corrected chi connectivity index (χ0v) is 11.5. The smallest absolute Gasteiger partial charge is 0.264 e. The quantitative estimate of drug-likeness (QED) is 0.373. The van der Waals surface area contributed by atoms with Gasteiger partial charge in [0, 0.05) is 6.54 Å². The van der Waals surface area contributed by atoms with E-state index in [1.165, 1.54) is 11.3 Å². The lowest BCUT2D eigenvalue weighted by Crippen LogP contribution is -2.50. The fourth-order valence-corrected chi connectivity index (χ4v) is 2.98. The number of morpholine rings is 1. The number of rotatable bonds is 3. The molecule has 0 aromatic carbocycles. The van der Waals surface area contributed by atoms with E-state index in [4.69, 9.17) is 15.7 Å². The Morgan fingerprint density at radius 1 is 1.74 bits per heavy atom. The second-order valence-electron chi connectivity index (χ2n) is 4.26. The number of carbonyl (C=O) groups is 1. The van der Waals surface area contributed by atoms with Gasteiger partial charge in [0.15, 0.2) is 5.84 Å². The van der Waals surface area contributed by atoms with Crippen LogP contribution in [0.4, 0.5) is 0 Å². The molecule has 1 atom stereocenters. The number of amidine groups is 1. The van der Waals surface area contributed by atoms with Crippen LogP contribution < -0.4 is 5.73 Å². The lowest BCUT2D eigenvalue weighted by molar-refractivity contribution is 0.00695. The van der Waals surface area contributed by atoms with Gasteiger partial charge in [0.1, 0.15) is 6.10 Å².